The van der Waals surface area contributed by atoms with Crippen molar-refractivity contribution < 1.29 is 0 Å². The fraction of sp³-hybridized carbons (Fsp3) is 1.00. The number of rotatable bonds is 0. The van der Waals surface area contributed by atoms with Gasteiger partial charge in [0, 0.05) is 0 Å². The van der Waals surface area contributed by atoms with Gasteiger partial charge in [-0.2, -0.15) is 0 Å². The van der Waals surface area contributed by atoms with Crippen LogP contribution in [0.1, 0.15) is 72.6 Å². The molecule has 0 heterocycles. The van der Waals surface area contributed by atoms with E-state index in [1.54, 1.807) is 12.8 Å². The van der Waals surface area contributed by atoms with Crippen LogP contribution >= 0.6 is 0 Å². The summed E-state index contributed by atoms with van der Waals surface area (Å²) in [6, 6.07) is 0. The van der Waals surface area contributed by atoms with Crippen LogP contribution < -0.4 is 0 Å². The summed E-state index contributed by atoms with van der Waals surface area (Å²) in [6.45, 7) is 10.3. The molecule has 0 aromatic carbocycles. The molecule has 0 radical (unpaired) electrons. The highest BCUT2D eigenvalue weighted by Gasteiger charge is 2.52. The molecule has 0 aromatic heterocycles. The van der Waals surface area contributed by atoms with Gasteiger partial charge >= 0.3 is 0 Å². The average Bonchev–Trinajstić information content (AvgIpc) is 2.67. The highest BCUT2D eigenvalue weighted by atomic mass is 14.6. The molecule has 3 saturated carbocycles. The van der Waals surface area contributed by atoms with Crippen molar-refractivity contribution in [3.63, 3.8) is 0 Å². The Morgan fingerprint density at radius 2 is 1.71 bits per heavy atom. The van der Waals surface area contributed by atoms with E-state index in [0.717, 1.165) is 23.7 Å². The second kappa shape index (κ2) is 3.75. The van der Waals surface area contributed by atoms with Crippen LogP contribution in [0.5, 0.6) is 0 Å². The zero-order valence-electron chi connectivity index (χ0n) is 12.3. The molecule has 0 spiro atoms. The summed E-state index contributed by atoms with van der Waals surface area (Å²) in [6.07, 6.45) is 10.6. The number of hydrogen-bond acceptors (Lipinski definition) is 0. The van der Waals surface area contributed by atoms with Gasteiger partial charge in [0.15, 0.2) is 0 Å². The summed E-state index contributed by atoms with van der Waals surface area (Å²) in [5.41, 5.74) is 1.32. The lowest BCUT2D eigenvalue weighted by molar-refractivity contribution is 0.0545. The third kappa shape index (κ3) is 1.78. The van der Waals surface area contributed by atoms with E-state index in [0.29, 0.717) is 10.8 Å². The quantitative estimate of drug-likeness (QED) is 0.535. The van der Waals surface area contributed by atoms with Crippen molar-refractivity contribution in [2.24, 2.45) is 34.5 Å². The average molecular weight is 234 g/mol. The van der Waals surface area contributed by atoms with Gasteiger partial charge in [-0.1, -0.05) is 34.1 Å². The molecule has 3 fully saturated rings. The summed E-state index contributed by atoms with van der Waals surface area (Å²) in [7, 11) is 0. The first-order chi connectivity index (χ1) is 7.92. The molecule has 3 aliphatic rings. The molecule has 5 unspecified atom stereocenters. The van der Waals surface area contributed by atoms with Gasteiger partial charge in [-0.3, -0.25) is 0 Å². The second-order valence-electron chi connectivity index (χ2n) is 8.45. The van der Waals surface area contributed by atoms with Gasteiger partial charge in [-0.15, -0.1) is 0 Å². The normalized spacial score (nSPS) is 52.9. The van der Waals surface area contributed by atoms with Crippen LogP contribution in [-0.2, 0) is 0 Å². The smallest absolute Gasteiger partial charge is 0.0297 e. The summed E-state index contributed by atoms with van der Waals surface area (Å²) in [4.78, 5) is 0. The minimum Gasteiger partial charge on any atom is -0.0622 e. The Bertz CT molecular complexity index is 303. The minimum atomic E-state index is 0.617. The molecule has 0 heteroatoms. The Labute approximate surface area is 108 Å². The van der Waals surface area contributed by atoms with E-state index in [9.17, 15) is 0 Å². The maximum absolute atomic E-state index is 2.62. The zero-order valence-corrected chi connectivity index (χ0v) is 12.3. The molecule has 3 rings (SSSR count). The van der Waals surface area contributed by atoms with Crippen LogP contribution in [0.15, 0.2) is 0 Å². The van der Waals surface area contributed by atoms with Gasteiger partial charge in [0.2, 0.25) is 0 Å². The fourth-order valence-corrected chi connectivity index (χ4v) is 5.60. The van der Waals surface area contributed by atoms with Crippen LogP contribution in [-0.4, -0.2) is 0 Å². The van der Waals surface area contributed by atoms with Crippen molar-refractivity contribution in [2.45, 2.75) is 72.6 Å². The first-order valence-corrected chi connectivity index (χ1v) is 7.92. The molecule has 3 bridgehead atoms. The Balaban J connectivity index is 1.99. The van der Waals surface area contributed by atoms with E-state index in [2.05, 4.69) is 27.7 Å². The van der Waals surface area contributed by atoms with Crippen molar-refractivity contribution in [2.75, 3.05) is 0 Å². The van der Waals surface area contributed by atoms with Crippen LogP contribution in [0.25, 0.3) is 0 Å². The Morgan fingerprint density at radius 1 is 0.941 bits per heavy atom. The maximum Gasteiger partial charge on any atom is -0.0297 e. The molecule has 0 N–H and O–H groups in total. The minimum absolute atomic E-state index is 0.617. The van der Waals surface area contributed by atoms with Gasteiger partial charge in [0.1, 0.15) is 0 Å². The highest BCUT2D eigenvalue weighted by Crippen LogP contribution is 2.62. The van der Waals surface area contributed by atoms with E-state index in [-0.39, 0.29) is 0 Å². The Hall–Kier alpha value is 0. The molecule has 17 heavy (non-hydrogen) atoms. The second-order valence-corrected chi connectivity index (χ2v) is 8.45. The standard InChI is InChI=1S/C17H30/c1-12-6-9-17(4)8-5-7-16(2,3)15-11-13(17)10-14(12)15/h12-15H,5-11H2,1-4H3. The lowest BCUT2D eigenvalue weighted by Gasteiger charge is -2.45. The van der Waals surface area contributed by atoms with Gasteiger partial charge in [-0.25, -0.2) is 0 Å². The fourth-order valence-electron chi connectivity index (χ4n) is 5.60. The maximum atomic E-state index is 2.62. The van der Waals surface area contributed by atoms with Gasteiger partial charge < -0.3 is 0 Å². The predicted molar refractivity (Wildman–Crippen MR) is 73.8 cm³/mol. The number of fused-ring (bicyclic) bond motifs is 3. The summed E-state index contributed by atoms with van der Waals surface area (Å²) >= 11 is 0. The molecule has 5 atom stereocenters. The van der Waals surface area contributed by atoms with E-state index >= 15 is 0 Å². The molecular formula is C17H30. The van der Waals surface area contributed by atoms with Crippen LogP contribution in [0.4, 0.5) is 0 Å². The van der Waals surface area contributed by atoms with Crippen molar-refractivity contribution >= 4 is 0 Å². The molecule has 3 aliphatic carbocycles. The van der Waals surface area contributed by atoms with Crippen molar-refractivity contribution in [1.82, 2.24) is 0 Å². The molecule has 98 valence electrons. The van der Waals surface area contributed by atoms with Crippen molar-refractivity contribution in [3.8, 4) is 0 Å². The summed E-state index contributed by atoms with van der Waals surface area (Å²) in [5.74, 6) is 4.13. The number of hydrogen-bond donors (Lipinski definition) is 0. The lowest BCUT2D eigenvalue weighted by Crippen LogP contribution is -2.35. The zero-order chi connectivity index (χ0) is 12.3. The predicted octanol–water partition coefficient (Wildman–Crippen LogP) is 5.28. The van der Waals surface area contributed by atoms with E-state index < -0.39 is 0 Å². The highest BCUT2D eigenvalue weighted by molar-refractivity contribution is 5.02. The van der Waals surface area contributed by atoms with Crippen molar-refractivity contribution in [3.05, 3.63) is 0 Å². The van der Waals surface area contributed by atoms with Crippen LogP contribution in [0.3, 0.4) is 0 Å². The topological polar surface area (TPSA) is 0 Å². The summed E-state index contributed by atoms with van der Waals surface area (Å²) < 4.78 is 0. The third-order valence-corrected chi connectivity index (χ3v) is 7.07. The molecular weight excluding hydrogens is 204 g/mol. The molecule has 0 aromatic rings. The first kappa shape index (κ1) is 12.1. The van der Waals surface area contributed by atoms with E-state index in [1.807, 2.05) is 0 Å². The SMILES string of the molecule is CC1CCC2(C)CCCC(C)(C)C3CC2CC13. The molecule has 0 amide bonds. The van der Waals surface area contributed by atoms with Crippen LogP contribution in [0, 0.1) is 34.5 Å². The van der Waals surface area contributed by atoms with Crippen molar-refractivity contribution in [1.29, 1.82) is 0 Å². The van der Waals surface area contributed by atoms with E-state index in [4.69, 9.17) is 0 Å². The first-order valence-electron chi connectivity index (χ1n) is 7.92. The largest absolute Gasteiger partial charge is 0.0622 e. The lowest BCUT2D eigenvalue weighted by atomic mass is 9.61. The van der Waals surface area contributed by atoms with Gasteiger partial charge in [0.25, 0.3) is 0 Å². The van der Waals surface area contributed by atoms with Gasteiger partial charge in [-0.05, 0) is 73.0 Å². The Morgan fingerprint density at radius 3 is 2.47 bits per heavy atom. The molecule has 0 nitrogen and oxygen atoms in total. The van der Waals surface area contributed by atoms with Crippen LogP contribution in [0.2, 0.25) is 0 Å². The molecule has 0 aliphatic heterocycles. The Kier molecular flexibility index (Phi) is 2.66. The molecule has 0 saturated heterocycles. The third-order valence-electron chi connectivity index (χ3n) is 7.07. The summed E-state index contributed by atoms with van der Waals surface area (Å²) in [5, 5.41) is 0. The van der Waals surface area contributed by atoms with Gasteiger partial charge in [0.05, 0.1) is 0 Å². The van der Waals surface area contributed by atoms with E-state index in [1.165, 1.54) is 32.1 Å². The monoisotopic (exact) mass is 234 g/mol.